The summed E-state index contributed by atoms with van der Waals surface area (Å²) in [5.41, 5.74) is 1.51. The van der Waals surface area contributed by atoms with Gasteiger partial charge in [-0.05, 0) is 49.2 Å². The smallest absolute Gasteiger partial charge is 0.321 e. The number of aryl methyl sites for hydroxylation is 2. The lowest BCUT2D eigenvalue weighted by Crippen LogP contribution is -2.32. The molecule has 2 rings (SSSR count). The van der Waals surface area contributed by atoms with E-state index >= 15 is 0 Å². The van der Waals surface area contributed by atoms with Crippen molar-refractivity contribution in [2.45, 2.75) is 18.7 Å². The number of hydrogen-bond donors (Lipinski definition) is 2. The highest BCUT2D eigenvalue weighted by Crippen LogP contribution is 2.16. The summed E-state index contributed by atoms with van der Waals surface area (Å²) in [4.78, 5) is 23.4. The summed E-state index contributed by atoms with van der Waals surface area (Å²) in [5, 5.41) is 2.36. The van der Waals surface area contributed by atoms with Gasteiger partial charge in [-0.1, -0.05) is 18.2 Å². The van der Waals surface area contributed by atoms with Gasteiger partial charge in [-0.2, -0.15) is 4.72 Å². The zero-order valence-corrected chi connectivity index (χ0v) is 15.6. The summed E-state index contributed by atoms with van der Waals surface area (Å²) < 4.78 is 44.5. The summed E-state index contributed by atoms with van der Waals surface area (Å²) in [7, 11) is -3.89. The highest BCUT2D eigenvalue weighted by molar-refractivity contribution is 7.89. The molecule has 0 spiro atoms. The van der Waals surface area contributed by atoms with Crippen molar-refractivity contribution in [2.24, 2.45) is 0 Å². The number of ether oxygens (including phenoxy) is 1. The quantitative estimate of drug-likeness (QED) is 0.699. The van der Waals surface area contributed by atoms with E-state index in [1.54, 1.807) is 26.0 Å². The van der Waals surface area contributed by atoms with Crippen LogP contribution in [-0.2, 0) is 24.3 Å². The van der Waals surface area contributed by atoms with Crippen LogP contribution >= 0.6 is 0 Å². The van der Waals surface area contributed by atoms with Crippen LogP contribution in [0.2, 0.25) is 0 Å². The lowest BCUT2D eigenvalue weighted by molar-refractivity contribution is -0.146. The van der Waals surface area contributed by atoms with Crippen LogP contribution < -0.4 is 10.0 Å². The average Bonchev–Trinajstić information content (AvgIpc) is 2.60. The number of esters is 1. The Morgan fingerprint density at radius 3 is 2.56 bits per heavy atom. The molecular formula is C18H19FN2O5S. The largest absolute Gasteiger partial charge is 0.455 e. The zero-order chi connectivity index (χ0) is 20.0. The Morgan fingerprint density at radius 1 is 1.11 bits per heavy atom. The molecule has 0 bridgehead atoms. The molecule has 0 fully saturated rings. The van der Waals surface area contributed by atoms with Gasteiger partial charge >= 0.3 is 5.97 Å². The van der Waals surface area contributed by atoms with Gasteiger partial charge in [0.1, 0.15) is 12.4 Å². The van der Waals surface area contributed by atoms with Crippen molar-refractivity contribution < 1.29 is 27.1 Å². The molecule has 27 heavy (non-hydrogen) atoms. The predicted octanol–water partition coefficient (Wildman–Crippen LogP) is 1.90. The second kappa shape index (κ2) is 8.74. The molecule has 0 aromatic heterocycles. The van der Waals surface area contributed by atoms with Crippen molar-refractivity contribution in [2.75, 3.05) is 18.5 Å². The Morgan fingerprint density at radius 2 is 1.85 bits per heavy atom. The number of halogens is 1. The topological polar surface area (TPSA) is 102 Å². The molecule has 9 heteroatoms. The third kappa shape index (κ3) is 6.15. The third-order valence-electron chi connectivity index (χ3n) is 3.51. The number of rotatable bonds is 7. The summed E-state index contributed by atoms with van der Waals surface area (Å²) in [6.07, 6.45) is 0. The van der Waals surface area contributed by atoms with Gasteiger partial charge in [-0.25, -0.2) is 12.8 Å². The molecule has 0 aliphatic heterocycles. The van der Waals surface area contributed by atoms with E-state index in [4.69, 9.17) is 4.74 Å². The van der Waals surface area contributed by atoms with Gasteiger partial charge in [0.25, 0.3) is 5.91 Å². The Hall–Kier alpha value is -2.78. The van der Waals surface area contributed by atoms with E-state index in [1.165, 1.54) is 24.3 Å². The van der Waals surface area contributed by atoms with E-state index in [0.29, 0.717) is 5.56 Å². The number of sulfonamides is 1. The molecule has 144 valence electrons. The van der Waals surface area contributed by atoms with Crippen LogP contribution in [-0.4, -0.2) is 33.4 Å². The van der Waals surface area contributed by atoms with E-state index in [1.807, 2.05) is 0 Å². The molecular weight excluding hydrogens is 375 g/mol. The minimum atomic E-state index is -3.89. The van der Waals surface area contributed by atoms with E-state index in [-0.39, 0.29) is 10.6 Å². The van der Waals surface area contributed by atoms with Crippen LogP contribution in [0.5, 0.6) is 0 Å². The van der Waals surface area contributed by atoms with Gasteiger partial charge in [0.05, 0.1) is 4.90 Å². The van der Waals surface area contributed by atoms with Crippen LogP contribution in [0.4, 0.5) is 10.1 Å². The lowest BCUT2D eigenvalue weighted by Gasteiger charge is -2.10. The monoisotopic (exact) mass is 394 g/mol. The Labute approximate surface area is 156 Å². The predicted molar refractivity (Wildman–Crippen MR) is 97.1 cm³/mol. The van der Waals surface area contributed by atoms with Gasteiger partial charge in [0.15, 0.2) is 6.61 Å². The van der Waals surface area contributed by atoms with Crippen LogP contribution in [0.15, 0.2) is 47.4 Å². The molecule has 0 saturated carbocycles. The molecule has 0 saturated heterocycles. The SMILES string of the molecule is Cc1ccc(C)c(S(=O)(=O)NCC(=O)OCC(=O)Nc2cccc(F)c2)c1. The molecule has 0 heterocycles. The molecule has 0 radical (unpaired) electrons. The number of hydrogen-bond acceptors (Lipinski definition) is 5. The van der Waals surface area contributed by atoms with Crippen molar-refractivity contribution in [3.63, 3.8) is 0 Å². The number of benzene rings is 2. The van der Waals surface area contributed by atoms with Crippen molar-refractivity contribution in [3.05, 3.63) is 59.4 Å². The van der Waals surface area contributed by atoms with Crippen molar-refractivity contribution in [3.8, 4) is 0 Å². The first-order valence-electron chi connectivity index (χ1n) is 7.95. The first kappa shape index (κ1) is 20.5. The number of amides is 1. The first-order valence-corrected chi connectivity index (χ1v) is 9.43. The van der Waals surface area contributed by atoms with Crippen molar-refractivity contribution >= 4 is 27.6 Å². The summed E-state index contributed by atoms with van der Waals surface area (Å²) >= 11 is 0. The van der Waals surface area contributed by atoms with Crippen LogP contribution in [0.25, 0.3) is 0 Å². The van der Waals surface area contributed by atoms with Crippen molar-refractivity contribution in [1.29, 1.82) is 0 Å². The second-order valence-electron chi connectivity index (χ2n) is 5.81. The van der Waals surface area contributed by atoms with Gasteiger partial charge in [-0.3, -0.25) is 9.59 Å². The highest BCUT2D eigenvalue weighted by atomic mass is 32.2. The molecule has 2 N–H and O–H groups in total. The fraction of sp³-hybridized carbons (Fsp3) is 0.222. The highest BCUT2D eigenvalue weighted by Gasteiger charge is 2.19. The molecule has 0 aliphatic carbocycles. The maximum Gasteiger partial charge on any atom is 0.321 e. The summed E-state index contributed by atoms with van der Waals surface area (Å²) in [5.74, 6) is -2.12. The average molecular weight is 394 g/mol. The number of nitrogens with one attached hydrogen (secondary N) is 2. The van der Waals surface area contributed by atoms with E-state index in [0.717, 1.165) is 11.6 Å². The van der Waals surface area contributed by atoms with E-state index < -0.39 is 40.9 Å². The molecule has 2 aromatic carbocycles. The Balaban J connectivity index is 1.85. The molecule has 0 aliphatic rings. The number of carbonyl (C=O) groups excluding carboxylic acids is 2. The van der Waals surface area contributed by atoms with Gasteiger partial charge < -0.3 is 10.1 Å². The van der Waals surface area contributed by atoms with Crippen LogP contribution in [0.3, 0.4) is 0 Å². The molecule has 7 nitrogen and oxygen atoms in total. The molecule has 2 aromatic rings. The van der Waals surface area contributed by atoms with Crippen LogP contribution in [0, 0.1) is 19.7 Å². The number of carbonyl (C=O) groups is 2. The maximum atomic E-state index is 13.0. The van der Waals surface area contributed by atoms with Crippen molar-refractivity contribution in [1.82, 2.24) is 4.72 Å². The zero-order valence-electron chi connectivity index (χ0n) is 14.8. The van der Waals surface area contributed by atoms with Gasteiger partial charge in [0, 0.05) is 5.69 Å². The summed E-state index contributed by atoms with van der Waals surface area (Å²) in [6, 6.07) is 10.2. The first-order chi connectivity index (χ1) is 12.7. The maximum absolute atomic E-state index is 13.0. The standard InChI is InChI=1S/C18H19FN2O5S/c1-12-6-7-13(2)16(8-12)27(24,25)20-10-18(23)26-11-17(22)21-15-5-3-4-14(19)9-15/h3-9,20H,10-11H2,1-2H3,(H,21,22). The Kier molecular flexibility index (Phi) is 6.65. The normalized spacial score (nSPS) is 11.1. The summed E-state index contributed by atoms with van der Waals surface area (Å²) in [6.45, 7) is 2.15. The van der Waals surface area contributed by atoms with Crippen LogP contribution in [0.1, 0.15) is 11.1 Å². The fourth-order valence-electron chi connectivity index (χ4n) is 2.19. The number of anilines is 1. The molecule has 1 amide bonds. The Bertz CT molecular complexity index is 960. The lowest BCUT2D eigenvalue weighted by atomic mass is 10.2. The van der Waals surface area contributed by atoms with Gasteiger partial charge in [0.2, 0.25) is 10.0 Å². The fourth-order valence-corrected chi connectivity index (χ4v) is 3.49. The third-order valence-corrected chi connectivity index (χ3v) is 5.06. The van der Waals surface area contributed by atoms with E-state index in [2.05, 4.69) is 10.0 Å². The minimum Gasteiger partial charge on any atom is -0.455 e. The molecule has 0 unspecified atom stereocenters. The van der Waals surface area contributed by atoms with Gasteiger partial charge in [-0.15, -0.1) is 0 Å². The van der Waals surface area contributed by atoms with E-state index in [9.17, 15) is 22.4 Å². The molecule has 0 atom stereocenters. The minimum absolute atomic E-state index is 0.0687. The second-order valence-corrected chi connectivity index (χ2v) is 7.55.